The van der Waals surface area contributed by atoms with Crippen molar-refractivity contribution < 1.29 is 23.1 Å². The fourth-order valence-electron chi connectivity index (χ4n) is 5.23. The van der Waals surface area contributed by atoms with E-state index < -0.39 is 12.1 Å². The molecule has 2 amide bonds. The van der Waals surface area contributed by atoms with Crippen molar-refractivity contribution in [3.63, 3.8) is 0 Å². The molecular formula is C29H43F2N11O3. The molecule has 2 aromatic rings. The van der Waals surface area contributed by atoms with Crippen LogP contribution in [0, 0.1) is 5.92 Å². The maximum atomic E-state index is 13.9. The summed E-state index contributed by atoms with van der Waals surface area (Å²) in [6.45, 7) is 5.29. The topological polar surface area (TPSA) is 159 Å². The average molecular weight is 632 g/mol. The van der Waals surface area contributed by atoms with Gasteiger partial charge in [-0.3, -0.25) is 9.59 Å². The Morgan fingerprint density at radius 3 is 2.36 bits per heavy atom. The van der Waals surface area contributed by atoms with Gasteiger partial charge in [0.2, 0.25) is 30.2 Å². The smallest absolute Gasteiger partial charge is 0.281 e. The summed E-state index contributed by atoms with van der Waals surface area (Å²) in [5.74, 6) is 0.643. The van der Waals surface area contributed by atoms with Crippen LogP contribution in [0.3, 0.4) is 0 Å². The first-order chi connectivity index (χ1) is 21.7. The molecule has 3 N–H and O–H groups in total. The molecule has 0 bridgehead atoms. The Morgan fingerprint density at radius 2 is 1.71 bits per heavy atom. The predicted octanol–water partition coefficient (Wildman–Crippen LogP) is 1.37. The van der Waals surface area contributed by atoms with Gasteiger partial charge in [0, 0.05) is 65.0 Å². The first kappa shape index (κ1) is 33.8. The number of piperazine rings is 1. The number of anilines is 3. The lowest BCUT2D eigenvalue weighted by atomic mass is 9.94. The number of carbonyl (C=O) groups is 2. The van der Waals surface area contributed by atoms with Gasteiger partial charge >= 0.3 is 0 Å². The Bertz CT molecular complexity index is 1290. The Morgan fingerprint density at radius 1 is 1.02 bits per heavy atom. The number of rotatable bonds is 15. The second-order valence-corrected chi connectivity index (χ2v) is 11.3. The van der Waals surface area contributed by atoms with Gasteiger partial charge in [-0.1, -0.05) is 12.2 Å². The fraction of sp³-hybridized carbons (Fsp3) is 0.621. The van der Waals surface area contributed by atoms with Gasteiger partial charge < -0.3 is 35.4 Å². The monoisotopic (exact) mass is 631 g/mol. The fourth-order valence-corrected chi connectivity index (χ4v) is 5.23. The summed E-state index contributed by atoms with van der Waals surface area (Å²) in [5, 5.41) is 2.71. The first-order valence-electron chi connectivity index (χ1n) is 15.2. The number of nitrogens with zero attached hydrogens (tertiary/aromatic N) is 9. The molecule has 246 valence electrons. The molecule has 2 aliphatic heterocycles. The number of alkyl halides is 2. The number of allylic oxidation sites excluding steroid dienone is 1. The number of amides is 2. The van der Waals surface area contributed by atoms with Crippen molar-refractivity contribution in [2.75, 3.05) is 95.2 Å². The average Bonchev–Trinajstić information content (AvgIpc) is 3.04. The van der Waals surface area contributed by atoms with Gasteiger partial charge in [-0.25, -0.2) is 18.7 Å². The van der Waals surface area contributed by atoms with E-state index in [0.717, 1.165) is 25.8 Å². The van der Waals surface area contributed by atoms with Gasteiger partial charge in [0.25, 0.3) is 6.43 Å². The van der Waals surface area contributed by atoms with Crippen LogP contribution >= 0.6 is 0 Å². The highest BCUT2D eigenvalue weighted by Crippen LogP contribution is 2.30. The van der Waals surface area contributed by atoms with Crippen molar-refractivity contribution in [1.82, 2.24) is 40.0 Å². The summed E-state index contributed by atoms with van der Waals surface area (Å²) in [6.07, 6.45) is 6.07. The Labute approximate surface area is 262 Å². The van der Waals surface area contributed by atoms with Crippen molar-refractivity contribution in [3.05, 3.63) is 24.0 Å². The minimum atomic E-state index is -2.90. The van der Waals surface area contributed by atoms with Gasteiger partial charge in [0.1, 0.15) is 5.69 Å². The minimum Gasteiger partial charge on any atom is -0.378 e. The van der Waals surface area contributed by atoms with E-state index in [1.165, 1.54) is 6.20 Å². The quantitative estimate of drug-likeness (QED) is 0.165. The van der Waals surface area contributed by atoms with Crippen LogP contribution in [0.1, 0.15) is 37.8 Å². The Hall–Kier alpha value is -4.05. The highest BCUT2D eigenvalue weighted by molar-refractivity contribution is 5.76. The lowest BCUT2D eigenvalue weighted by Gasteiger charge is -2.36. The summed E-state index contributed by atoms with van der Waals surface area (Å²) < 4.78 is 33.3. The van der Waals surface area contributed by atoms with Crippen LogP contribution in [0.2, 0.25) is 0 Å². The van der Waals surface area contributed by atoms with E-state index in [2.05, 4.69) is 42.3 Å². The van der Waals surface area contributed by atoms with E-state index in [0.29, 0.717) is 83.8 Å². The molecule has 0 aliphatic carbocycles. The number of ether oxygens (including phenoxy) is 1. The van der Waals surface area contributed by atoms with Crippen molar-refractivity contribution in [2.45, 2.75) is 32.1 Å². The first-order valence-corrected chi connectivity index (χ1v) is 15.2. The Kier molecular flexibility index (Phi) is 12.7. The molecule has 4 heterocycles. The summed E-state index contributed by atoms with van der Waals surface area (Å²) in [7, 11) is 4.02. The number of nitrogens with one attached hydrogen (secondary N) is 1. The van der Waals surface area contributed by atoms with Crippen LogP contribution in [0.15, 0.2) is 18.3 Å². The van der Waals surface area contributed by atoms with Crippen LogP contribution in [0.25, 0.3) is 11.4 Å². The number of morpholine rings is 1. The number of aromatic nitrogens is 5. The highest BCUT2D eigenvalue weighted by atomic mass is 19.3. The molecule has 4 rings (SSSR count). The van der Waals surface area contributed by atoms with E-state index in [9.17, 15) is 18.4 Å². The molecular weight excluding hydrogens is 588 g/mol. The van der Waals surface area contributed by atoms with Gasteiger partial charge in [0.15, 0.2) is 5.82 Å². The van der Waals surface area contributed by atoms with Crippen LogP contribution in [0.4, 0.5) is 26.6 Å². The third-order valence-corrected chi connectivity index (χ3v) is 7.73. The summed E-state index contributed by atoms with van der Waals surface area (Å²) in [5.41, 5.74) is 5.02. The molecule has 0 spiro atoms. The number of nitrogens with two attached hydrogens (primary N) is 1. The SMILES string of the molecule is CN(C)C/C=C/CCC(CCNC=O)CC(=O)N1CCN(c2nc(-c3cnc(N)nc3C(F)F)nc(N3CCOCC3)n2)CC1. The number of hydrogen-bond donors (Lipinski definition) is 2. The lowest BCUT2D eigenvalue weighted by molar-refractivity contribution is -0.132. The van der Waals surface area contributed by atoms with E-state index in [4.69, 9.17) is 15.5 Å². The van der Waals surface area contributed by atoms with E-state index in [-0.39, 0.29) is 29.2 Å². The van der Waals surface area contributed by atoms with Crippen LogP contribution < -0.4 is 20.9 Å². The summed E-state index contributed by atoms with van der Waals surface area (Å²) >= 11 is 0. The number of carbonyl (C=O) groups excluding carboxylic acids is 2. The van der Waals surface area contributed by atoms with Gasteiger partial charge in [-0.15, -0.1) is 0 Å². The molecule has 0 saturated carbocycles. The normalized spacial score (nSPS) is 16.5. The molecule has 14 nitrogen and oxygen atoms in total. The molecule has 45 heavy (non-hydrogen) atoms. The zero-order chi connectivity index (χ0) is 32.2. The van der Waals surface area contributed by atoms with E-state index in [1.807, 2.05) is 28.8 Å². The number of halogens is 2. The summed E-state index contributed by atoms with van der Waals surface area (Å²) in [6, 6.07) is 0. The van der Waals surface area contributed by atoms with Crippen molar-refractivity contribution in [1.29, 1.82) is 0 Å². The third kappa shape index (κ3) is 9.97. The molecule has 0 aromatic carbocycles. The standard InChI is InChI=1S/C29H43F2N11O3/c1-39(2)9-5-3-4-6-21(7-8-33-20-43)18-23(44)40-10-12-41(13-11-40)28-36-26(22-19-34-27(32)35-24(22)25(30)31)37-29(38-28)42-14-16-45-17-15-42/h3,5,19-21,25H,4,6-18H2,1-2H3,(H,33,43)(H2,32,34,35)/b5-3+. The molecule has 2 aliphatic rings. The van der Waals surface area contributed by atoms with E-state index in [1.54, 1.807) is 0 Å². The number of hydrogen-bond acceptors (Lipinski definition) is 12. The number of likely N-dealkylation sites (N-methyl/N-ethyl adjacent to an activating group) is 1. The maximum absolute atomic E-state index is 13.9. The second kappa shape index (κ2) is 16.9. The van der Waals surface area contributed by atoms with Crippen molar-refractivity contribution in [2.24, 2.45) is 5.92 Å². The van der Waals surface area contributed by atoms with Crippen molar-refractivity contribution >= 4 is 30.2 Å². The second-order valence-electron chi connectivity index (χ2n) is 11.3. The molecule has 1 atom stereocenters. The maximum Gasteiger partial charge on any atom is 0.281 e. The number of nitrogen functional groups attached to an aromatic ring is 1. The molecule has 1 unspecified atom stereocenters. The Balaban J connectivity index is 1.46. The van der Waals surface area contributed by atoms with Crippen molar-refractivity contribution in [3.8, 4) is 11.4 Å². The van der Waals surface area contributed by atoms with Gasteiger partial charge in [0.05, 0.1) is 18.8 Å². The van der Waals surface area contributed by atoms with Crippen LogP contribution in [-0.4, -0.2) is 127 Å². The van der Waals surface area contributed by atoms with Crippen LogP contribution in [-0.2, 0) is 14.3 Å². The third-order valence-electron chi connectivity index (χ3n) is 7.73. The zero-order valence-corrected chi connectivity index (χ0v) is 25.9. The molecule has 0 radical (unpaired) electrons. The zero-order valence-electron chi connectivity index (χ0n) is 25.9. The molecule has 2 aromatic heterocycles. The lowest BCUT2D eigenvalue weighted by Crippen LogP contribution is -2.49. The van der Waals surface area contributed by atoms with Gasteiger partial charge in [-0.05, 0) is 39.3 Å². The van der Waals surface area contributed by atoms with E-state index >= 15 is 0 Å². The van der Waals surface area contributed by atoms with Crippen LogP contribution in [0.5, 0.6) is 0 Å². The summed E-state index contributed by atoms with van der Waals surface area (Å²) in [4.78, 5) is 53.3. The largest absolute Gasteiger partial charge is 0.378 e. The minimum absolute atomic E-state index is 0.0159. The predicted molar refractivity (Wildman–Crippen MR) is 166 cm³/mol. The molecule has 2 fully saturated rings. The van der Waals surface area contributed by atoms with Gasteiger partial charge in [-0.2, -0.15) is 15.0 Å². The highest BCUT2D eigenvalue weighted by Gasteiger charge is 2.28. The molecule has 2 saturated heterocycles. The molecule has 16 heteroatoms.